The van der Waals surface area contributed by atoms with Crippen LogP contribution in [-0.2, 0) is 0 Å². The molecule has 2 heterocycles. The monoisotopic (exact) mass is 375 g/mol. The van der Waals surface area contributed by atoms with E-state index < -0.39 is 0 Å². The molecule has 5 rings (SSSR count). The van der Waals surface area contributed by atoms with Gasteiger partial charge in [-0.2, -0.15) is 0 Å². The molecular weight excluding hydrogens is 354 g/mol. The van der Waals surface area contributed by atoms with Gasteiger partial charge in [-0.3, -0.25) is 4.57 Å². The van der Waals surface area contributed by atoms with Gasteiger partial charge in [0.2, 0.25) is 0 Å². The number of benzene rings is 3. The van der Waals surface area contributed by atoms with Gasteiger partial charge in [-0.1, -0.05) is 60.7 Å². The summed E-state index contributed by atoms with van der Waals surface area (Å²) in [6.07, 6.45) is 1.83. The fourth-order valence-electron chi connectivity index (χ4n) is 4.03. The lowest BCUT2D eigenvalue weighted by molar-refractivity contribution is 1.03. The van der Waals surface area contributed by atoms with Gasteiger partial charge in [0.05, 0.1) is 11.0 Å². The summed E-state index contributed by atoms with van der Waals surface area (Å²) < 4.78 is 2.16. The van der Waals surface area contributed by atoms with E-state index in [2.05, 4.69) is 71.9 Å². The highest BCUT2D eigenvalue weighted by atomic mass is 15.1. The topological polar surface area (TPSA) is 30.7 Å². The summed E-state index contributed by atoms with van der Waals surface area (Å²) in [6, 6.07) is 29.2. The second-order valence-corrected chi connectivity index (χ2v) is 7.30. The molecule has 0 radical (unpaired) electrons. The van der Waals surface area contributed by atoms with Crippen LogP contribution in [-0.4, -0.2) is 14.5 Å². The number of hydrogen-bond donors (Lipinski definition) is 0. The maximum atomic E-state index is 5.01. The van der Waals surface area contributed by atoms with Crippen LogP contribution < -0.4 is 0 Å². The van der Waals surface area contributed by atoms with Crippen molar-refractivity contribution < 1.29 is 0 Å². The van der Waals surface area contributed by atoms with Gasteiger partial charge in [0.1, 0.15) is 11.6 Å². The van der Waals surface area contributed by atoms with Gasteiger partial charge in [0.15, 0.2) is 0 Å². The van der Waals surface area contributed by atoms with E-state index in [4.69, 9.17) is 4.98 Å². The SMILES string of the molecule is Cc1cc(-c2ccccc2)cc(C)c1-c1nc2ccccc2n1-c1ccccn1. The molecule has 0 unspecified atom stereocenters. The van der Waals surface area contributed by atoms with Crippen molar-refractivity contribution >= 4 is 11.0 Å². The van der Waals surface area contributed by atoms with Crippen LogP contribution in [0.15, 0.2) is 91.1 Å². The largest absolute Gasteiger partial charge is 0.276 e. The number of imidazole rings is 1. The quantitative estimate of drug-likeness (QED) is 0.367. The minimum absolute atomic E-state index is 0.877. The van der Waals surface area contributed by atoms with Crippen molar-refractivity contribution in [2.75, 3.05) is 0 Å². The van der Waals surface area contributed by atoms with Crippen LogP contribution in [0.3, 0.4) is 0 Å². The Morgan fingerprint density at radius 2 is 1.38 bits per heavy atom. The minimum atomic E-state index is 0.877. The number of aromatic nitrogens is 3. The van der Waals surface area contributed by atoms with E-state index in [-0.39, 0.29) is 0 Å². The predicted octanol–water partition coefficient (Wildman–Crippen LogP) is 6.37. The summed E-state index contributed by atoms with van der Waals surface area (Å²) in [4.78, 5) is 9.61. The predicted molar refractivity (Wildman–Crippen MR) is 119 cm³/mol. The zero-order valence-corrected chi connectivity index (χ0v) is 16.5. The molecule has 0 N–H and O–H groups in total. The summed E-state index contributed by atoms with van der Waals surface area (Å²) in [5.74, 6) is 1.81. The lowest BCUT2D eigenvalue weighted by Crippen LogP contribution is -2.02. The van der Waals surface area contributed by atoms with Crippen LogP contribution in [0.5, 0.6) is 0 Å². The molecule has 5 aromatic rings. The van der Waals surface area contributed by atoms with Crippen LogP contribution in [0.1, 0.15) is 11.1 Å². The molecule has 3 aromatic carbocycles. The van der Waals surface area contributed by atoms with E-state index in [1.54, 1.807) is 0 Å². The maximum Gasteiger partial charge on any atom is 0.147 e. The molecule has 140 valence electrons. The number of para-hydroxylation sites is 2. The van der Waals surface area contributed by atoms with Crippen LogP contribution in [0, 0.1) is 13.8 Å². The molecule has 2 aromatic heterocycles. The zero-order chi connectivity index (χ0) is 19.8. The standard InChI is InChI=1S/C26H21N3/c1-18-16-21(20-10-4-3-5-11-20)17-19(2)25(18)26-28-22-12-6-7-13-23(22)29(26)24-14-8-9-15-27-24/h3-17H,1-2H3. The number of aryl methyl sites for hydroxylation is 2. The van der Waals surface area contributed by atoms with Gasteiger partial charge in [0, 0.05) is 11.8 Å². The molecule has 0 bridgehead atoms. The minimum Gasteiger partial charge on any atom is -0.276 e. The Morgan fingerprint density at radius 3 is 2.10 bits per heavy atom. The molecule has 0 fully saturated rings. The fourth-order valence-corrected chi connectivity index (χ4v) is 4.03. The van der Waals surface area contributed by atoms with E-state index in [0.29, 0.717) is 0 Å². The summed E-state index contributed by atoms with van der Waals surface area (Å²) in [7, 11) is 0. The van der Waals surface area contributed by atoms with Crippen LogP contribution in [0.25, 0.3) is 39.4 Å². The third-order valence-electron chi connectivity index (χ3n) is 5.30. The van der Waals surface area contributed by atoms with Gasteiger partial charge < -0.3 is 0 Å². The smallest absolute Gasteiger partial charge is 0.147 e. The van der Waals surface area contributed by atoms with Crippen molar-refractivity contribution in [1.82, 2.24) is 14.5 Å². The fraction of sp³-hybridized carbons (Fsp3) is 0.0769. The number of pyridine rings is 1. The van der Waals surface area contributed by atoms with Crippen LogP contribution in [0.4, 0.5) is 0 Å². The molecule has 0 saturated carbocycles. The third-order valence-corrected chi connectivity index (χ3v) is 5.30. The first kappa shape index (κ1) is 17.4. The van der Waals surface area contributed by atoms with Crippen LogP contribution >= 0.6 is 0 Å². The molecule has 0 aliphatic heterocycles. The third kappa shape index (κ3) is 3.01. The Bertz CT molecular complexity index is 1280. The second kappa shape index (κ2) is 7.02. The Labute approximate surface area is 170 Å². The second-order valence-electron chi connectivity index (χ2n) is 7.30. The van der Waals surface area contributed by atoms with E-state index in [1.807, 2.05) is 42.6 Å². The van der Waals surface area contributed by atoms with Gasteiger partial charge in [-0.15, -0.1) is 0 Å². The Hall–Kier alpha value is -3.72. The number of rotatable bonds is 3. The molecule has 3 heteroatoms. The first-order chi connectivity index (χ1) is 14.2. The normalized spacial score (nSPS) is 11.1. The molecular formula is C26H21N3. The summed E-state index contributed by atoms with van der Waals surface area (Å²) in [5, 5.41) is 0. The van der Waals surface area contributed by atoms with Crippen molar-refractivity contribution in [3.63, 3.8) is 0 Å². The van der Waals surface area contributed by atoms with Crippen LogP contribution in [0.2, 0.25) is 0 Å². The van der Waals surface area contributed by atoms with Crippen molar-refractivity contribution in [2.24, 2.45) is 0 Å². The Kier molecular flexibility index (Phi) is 4.21. The van der Waals surface area contributed by atoms with Gasteiger partial charge in [-0.05, 0) is 60.4 Å². The van der Waals surface area contributed by atoms with Crippen molar-refractivity contribution in [3.05, 3.63) is 102 Å². The molecule has 29 heavy (non-hydrogen) atoms. The van der Waals surface area contributed by atoms with Crippen molar-refractivity contribution in [1.29, 1.82) is 0 Å². The highest BCUT2D eigenvalue weighted by Gasteiger charge is 2.18. The molecule has 0 aliphatic carbocycles. The molecule has 0 saturated heterocycles. The van der Waals surface area contributed by atoms with E-state index in [0.717, 1.165) is 28.2 Å². The number of fused-ring (bicyclic) bond motifs is 1. The number of hydrogen-bond acceptors (Lipinski definition) is 2. The first-order valence-electron chi connectivity index (χ1n) is 9.78. The molecule has 3 nitrogen and oxygen atoms in total. The Morgan fingerprint density at radius 1 is 0.690 bits per heavy atom. The van der Waals surface area contributed by atoms with E-state index >= 15 is 0 Å². The van der Waals surface area contributed by atoms with Crippen molar-refractivity contribution in [2.45, 2.75) is 13.8 Å². The number of nitrogens with zero attached hydrogens (tertiary/aromatic N) is 3. The highest BCUT2D eigenvalue weighted by Crippen LogP contribution is 2.34. The van der Waals surface area contributed by atoms with E-state index in [1.165, 1.54) is 22.3 Å². The van der Waals surface area contributed by atoms with E-state index in [9.17, 15) is 0 Å². The molecule has 0 atom stereocenters. The highest BCUT2D eigenvalue weighted by molar-refractivity contribution is 5.85. The first-order valence-corrected chi connectivity index (χ1v) is 9.78. The van der Waals surface area contributed by atoms with Crippen molar-refractivity contribution in [3.8, 4) is 28.3 Å². The molecule has 0 aliphatic rings. The molecule has 0 spiro atoms. The van der Waals surface area contributed by atoms with Gasteiger partial charge >= 0.3 is 0 Å². The lowest BCUT2D eigenvalue weighted by Gasteiger charge is -2.15. The summed E-state index contributed by atoms with van der Waals surface area (Å²) >= 11 is 0. The zero-order valence-electron chi connectivity index (χ0n) is 16.5. The summed E-state index contributed by atoms with van der Waals surface area (Å²) in [6.45, 7) is 4.33. The van der Waals surface area contributed by atoms with Gasteiger partial charge in [-0.25, -0.2) is 9.97 Å². The molecule has 0 amide bonds. The maximum absolute atomic E-state index is 5.01. The average Bonchev–Trinajstić information content (AvgIpc) is 3.13. The Balaban J connectivity index is 1.77. The van der Waals surface area contributed by atoms with Gasteiger partial charge in [0.25, 0.3) is 0 Å². The lowest BCUT2D eigenvalue weighted by atomic mass is 9.95. The summed E-state index contributed by atoms with van der Waals surface area (Å²) in [5.41, 5.74) is 8.05. The average molecular weight is 375 g/mol.